The van der Waals surface area contributed by atoms with Crippen LogP contribution >= 0.6 is 0 Å². The van der Waals surface area contributed by atoms with Crippen molar-refractivity contribution < 1.29 is 9.47 Å². The summed E-state index contributed by atoms with van der Waals surface area (Å²) in [6, 6.07) is 8.59. The van der Waals surface area contributed by atoms with Gasteiger partial charge in [-0.25, -0.2) is 0 Å². The van der Waals surface area contributed by atoms with Crippen LogP contribution in [0.4, 0.5) is 0 Å². The van der Waals surface area contributed by atoms with E-state index in [4.69, 9.17) is 15.2 Å². The van der Waals surface area contributed by atoms with Gasteiger partial charge in [0.25, 0.3) is 0 Å². The van der Waals surface area contributed by atoms with Gasteiger partial charge >= 0.3 is 0 Å². The van der Waals surface area contributed by atoms with Gasteiger partial charge in [-0.3, -0.25) is 4.90 Å². The number of nitrogens with two attached hydrogens (primary N) is 1. The van der Waals surface area contributed by atoms with E-state index >= 15 is 0 Å². The van der Waals surface area contributed by atoms with Gasteiger partial charge in [-0.05, 0) is 37.6 Å². The lowest BCUT2D eigenvalue weighted by Gasteiger charge is -2.41. The van der Waals surface area contributed by atoms with Crippen LogP contribution in [0.1, 0.15) is 31.9 Å². The zero-order chi connectivity index (χ0) is 14.4. The number of morpholine rings is 1. The van der Waals surface area contributed by atoms with Crippen molar-refractivity contribution in [3.8, 4) is 5.75 Å². The van der Waals surface area contributed by atoms with E-state index in [1.807, 2.05) is 19.1 Å². The quantitative estimate of drug-likeness (QED) is 0.866. The lowest BCUT2D eigenvalue weighted by Crippen LogP contribution is -2.48. The molecule has 2 N–H and O–H groups in total. The largest absolute Gasteiger partial charge is 0.494 e. The molecule has 20 heavy (non-hydrogen) atoms. The molecule has 0 spiro atoms. The van der Waals surface area contributed by atoms with Crippen LogP contribution in [0.2, 0.25) is 0 Å². The normalized spacial score (nSPS) is 23.8. The predicted octanol–water partition coefficient (Wildman–Crippen LogP) is 2.20. The third-order valence-electron chi connectivity index (χ3n) is 3.73. The first-order valence-corrected chi connectivity index (χ1v) is 7.58. The molecule has 1 aliphatic rings. The van der Waals surface area contributed by atoms with E-state index in [2.05, 4.69) is 24.0 Å². The van der Waals surface area contributed by atoms with Crippen molar-refractivity contribution >= 4 is 0 Å². The molecule has 1 aromatic carbocycles. The first-order valence-electron chi connectivity index (χ1n) is 7.58. The fourth-order valence-corrected chi connectivity index (χ4v) is 2.88. The van der Waals surface area contributed by atoms with Gasteiger partial charge in [0.15, 0.2) is 0 Å². The molecule has 0 aromatic heterocycles. The Labute approximate surface area is 121 Å². The molecule has 1 saturated heterocycles. The smallest absolute Gasteiger partial charge is 0.119 e. The first kappa shape index (κ1) is 15.3. The van der Waals surface area contributed by atoms with Crippen LogP contribution in [0.15, 0.2) is 24.3 Å². The van der Waals surface area contributed by atoms with E-state index in [-0.39, 0.29) is 12.1 Å². The molecule has 2 rings (SSSR count). The van der Waals surface area contributed by atoms with Crippen LogP contribution in [0.3, 0.4) is 0 Å². The fourth-order valence-electron chi connectivity index (χ4n) is 2.88. The summed E-state index contributed by atoms with van der Waals surface area (Å²) in [7, 11) is 0. The van der Waals surface area contributed by atoms with Crippen molar-refractivity contribution in [2.45, 2.75) is 32.4 Å². The highest BCUT2D eigenvalue weighted by Gasteiger charge is 2.32. The van der Waals surface area contributed by atoms with Crippen LogP contribution in [0, 0.1) is 0 Å². The molecule has 1 heterocycles. The second kappa shape index (κ2) is 7.62. The van der Waals surface area contributed by atoms with E-state index in [1.54, 1.807) is 0 Å². The average Bonchev–Trinajstić information content (AvgIpc) is 2.49. The monoisotopic (exact) mass is 278 g/mol. The van der Waals surface area contributed by atoms with Crippen LogP contribution < -0.4 is 10.5 Å². The Balaban J connectivity index is 2.19. The van der Waals surface area contributed by atoms with E-state index in [0.29, 0.717) is 13.2 Å². The zero-order valence-electron chi connectivity index (χ0n) is 12.5. The van der Waals surface area contributed by atoms with Crippen molar-refractivity contribution in [2.75, 3.05) is 32.8 Å². The third kappa shape index (κ3) is 3.51. The molecule has 4 nitrogen and oxygen atoms in total. The highest BCUT2D eigenvalue weighted by molar-refractivity contribution is 5.30. The van der Waals surface area contributed by atoms with E-state index in [0.717, 1.165) is 31.9 Å². The van der Waals surface area contributed by atoms with Gasteiger partial charge < -0.3 is 15.2 Å². The fraction of sp³-hybridized carbons (Fsp3) is 0.625. The Bertz CT molecular complexity index is 392. The Morgan fingerprint density at radius 1 is 1.30 bits per heavy atom. The molecule has 0 bridgehead atoms. The highest BCUT2D eigenvalue weighted by Crippen LogP contribution is 2.30. The van der Waals surface area contributed by atoms with E-state index in [1.165, 1.54) is 5.56 Å². The summed E-state index contributed by atoms with van der Waals surface area (Å²) in [5.74, 6) is 0.916. The topological polar surface area (TPSA) is 47.7 Å². The zero-order valence-corrected chi connectivity index (χ0v) is 12.5. The molecular formula is C16H26N2O2. The third-order valence-corrected chi connectivity index (χ3v) is 3.73. The first-order chi connectivity index (χ1) is 9.80. The lowest BCUT2D eigenvalue weighted by molar-refractivity contribution is -0.0676. The molecule has 1 aliphatic heterocycles. The average molecular weight is 278 g/mol. The summed E-state index contributed by atoms with van der Waals surface area (Å²) in [5, 5.41) is 0. The molecule has 0 aliphatic carbocycles. The van der Waals surface area contributed by atoms with Crippen LogP contribution in [0.5, 0.6) is 5.75 Å². The van der Waals surface area contributed by atoms with Gasteiger partial charge in [0.2, 0.25) is 0 Å². The number of ether oxygens (including phenoxy) is 2. The predicted molar refractivity (Wildman–Crippen MR) is 81.0 cm³/mol. The maximum Gasteiger partial charge on any atom is 0.119 e. The van der Waals surface area contributed by atoms with Crippen LogP contribution in [-0.4, -0.2) is 43.9 Å². The highest BCUT2D eigenvalue weighted by atomic mass is 16.5. The van der Waals surface area contributed by atoms with E-state index in [9.17, 15) is 0 Å². The summed E-state index contributed by atoms with van der Waals surface area (Å²) >= 11 is 0. The van der Waals surface area contributed by atoms with E-state index < -0.39 is 0 Å². The summed E-state index contributed by atoms with van der Waals surface area (Å²) in [6.45, 7) is 8.28. The minimum atomic E-state index is 0.0771. The maximum absolute atomic E-state index is 5.89. The molecule has 0 radical (unpaired) electrons. The molecule has 0 saturated carbocycles. The SMILES string of the molecule is CCCN1CCOC(CN)C1c1ccc(OCC)cc1. The molecule has 2 atom stereocenters. The number of hydrogen-bond acceptors (Lipinski definition) is 4. The van der Waals surface area contributed by atoms with Crippen molar-refractivity contribution in [3.05, 3.63) is 29.8 Å². The maximum atomic E-state index is 5.89. The Morgan fingerprint density at radius 3 is 2.65 bits per heavy atom. The second-order valence-electron chi connectivity index (χ2n) is 5.13. The molecule has 0 amide bonds. The van der Waals surface area contributed by atoms with Crippen molar-refractivity contribution in [3.63, 3.8) is 0 Å². The van der Waals surface area contributed by atoms with Crippen molar-refractivity contribution in [2.24, 2.45) is 5.73 Å². The van der Waals surface area contributed by atoms with Crippen molar-refractivity contribution in [1.82, 2.24) is 4.90 Å². The lowest BCUT2D eigenvalue weighted by atomic mass is 9.97. The number of hydrogen-bond donors (Lipinski definition) is 1. The molecular weight excluding hydrogens is 252 g/mol. The Kier molecular flexibility index (Phi) is 5.83. The standard InChI is InChI=1S/C16H26N2O2/c1-3-9-18-10-11-20-15(12-17)16(18)13-5-7-14(8-6-13)19-4-2/h5-8,15-16H,3-4,9-12,17H2,1-2H3. The second-order valence-corrected chi connectivity index (χ2v) is 5.13. The summed E-state index contributed by atoms with van der Waals surface area (Å²) in [4.78, 5) is 2.48. The van der Waals surface area contributed by atoms with Gasteiger partial charge in [0.1, 0.15) is 5.75 Å². The number of nitrogens with zero attached hydrogens (tertiary/aromatic N) is 1. The molecule has 1 aromatic rings. The Morgan fingerprint density at radius 2 is 2.05 bits per heavy atom. The molecule has 4 heteroatoms. The summed E-state index contributed by atoms with van der Waals surface area (Å²) in [6.07, 6.45) is 1.22. The minimum Gasteiger partial charge on any atom is -0.494 e. The minimum absolute atomic E-state index is 0.0771. The Hall–Kier alpha value is -1.10. The van der Waals surface area contributed by atoms with Gasteiger partial charge in [-0.1, -0.05) is 19.1 Å². The summed E-state index contributed by atoms with van der Waals surface area (Å²) < 4.78 is 11.4. The van der Waals surface area contributed by atoms with Gasteiger partial charge in [-0.15, -0.1) is 0 Å². The summed E-state index contributed by atoms with van der Waals surface area (Å²) in [5.41, 5.74) is 7.15. The number of rotatable bonds is 6. The van der Waals surface area contributed by atoms with Gasteiger partial charge in [-0.2, -0.15) is 0 Å². The molecule has 112 valence electrons. The number of benzene rings is 1. The van der Waals surface area contributed by atoms with Crippen LogP contribution in [0.25, 0.3) is 0 Å². The van der Waals surface area contributed by atoms with Crippen LogP contribution in [-0.2, 0) is 4.74 Å². The molecule has 2 unspecified atom stereocenters. The molecule has 1 fully saturated rings. The van der Waals surface area contributed by atoms with Gasteiger partial charge in [0, 0.05) is 13.1 Å². The van der Waals surface area contributed by atoms with Crippen molar-refractivity contribution in [1.29, 1.82) is 0 Å². The van der Waals surface area contributed by atoms with Gasteiger partial charge in [0.05, 0.1) is 25.4 Å².